The predicted molar refractivity (Wildman–Crippen MR) is 60.7 cm³/mol. The van der Waals surface area contributed by atoms with Crippen LogP contribution in [0.25, 0.3) is 0 Å². The lowest BCUT2D eigenvalue weighted by atomic mass is 10.2. The zero-order valence-electron chi connectivity index (χ0n) is 9.63. The number of pyridine rings is 1. The van der Waals surface area contributed by atoms with Crippen molar-refractivity contribution < 1.29 is 17.9 Å². The van der Waals surface area contributed by atoms with E-state index in [9.17, 15) is 8.42 Å². The average molecular weight is 258 g/mol. The van der Waals surface area contributed by atoms with Gasteiger partial charge in [0.2, 0.25) is 15.9 Å². The average Bonchev–Trinajstić information content (AvgIpc) is 3.09. The number of aromatic nitrogens is 1. The van der Waals surface area contributed by atoms with Crippen LogP contribution in [0, 0.1) is 0 Å². The molecule has 0 bridgehead atoms. The first-order chi connectivity index (χ1) is 7.97. The van der Waals surface area contributed by atoms with Gasteiger partial charge in [0.1, 0.15) is 5.75 Å². The Balaban J connectivity index is 2.63. The van der Waals surface area contributed by atoms with Crippen molar-refractivity contribution in [2.45, 2.75) is 23.7 Å². The van der Waals surface area contributed by atoms with Gasteiger partial charge in [-0.25, -0.2) is 18.5 Å². The van der Waals surface area contributed by atoms with E-state index in [1.807, 2.05) is 0 Å². The van der Waals surface area contributed by atoms with Crippen LogP contribution in [-0.4, -0.2) is 27.6 Å². The number of nitrogens with two attached hydrogens (primary N) is 1. The fraction of sp³-hybridized carbons (Fsp3) is 0.500. The van der Waals surface area contributed by atoms with Gasteiger partial charge < -0.3 is 9.47 Å². The van der Waals surface area contributed by atoms with Crippen molar-refractivity contribution in [3.63, 3.8) is 0 Å². The van der Waals surface area contributed by atoms with Crippen LogP contribution < -0.4 is 14.6 Å². The monoisotopic (exact) mass is 258 g/mol. The lowest BCUT2D eigenvalue weighted by Gasteiger charge is -2.12. The van der Waals surface area contributed by atoms with Crippen LogP contribution in [0.4, 0.5) is 0 Å². The number of primary sulfonamides is 1. The van der Waals surface area contributed by atoms with Gasteiger partial charge in [-0.1, -0.05) is 0 Å². The lowest BCUT2D eigenvalue weighted by Crippen LogP contribution is -2.16. The Morgan fingerprint density at radius 1 is 1.35 bits per heavy atom. The number of hydrogen-bond donors (Lipinski definition) is 1. The van der Waals surface area contributed by atoms with E-state index < -0.39 is 10.0 Å². The van der Waals surface area contributed by atoms with Crippen molar-refractivity contribution in [3.05, 3.63) is 11.8 Å². The summed E-state index contributed by atoms with van der Waals surface area (Å²) in [5, 5.41) is 5.12. The van der Waals surface area contributed by atoms with Crippen molar-refractivity contribution in [1.82, 2.24) is 4.98 Å². The van der Waals surface area contributed by atoms with Gasteiger partial charge in [-0.2, -0.15) is 0 Å². The van der Waals surface area contributed by atoms with Gasteiger partial charge in [-0.15, -0.1) is 0 Å². The fourth-order valence-electron chi connectivity index (χ4n) is 1.65. The van der Waals surface area contributed by atoms with Gasteiger partial charge in [-0.3, -0.25) is 0 Å². The highest BCUT2D eigenvalue weighted by atomic mass is 32.2. The molecular weight excluding hydrogens is 244 g/mol. The molecule has 1 heterocycles. The highest BCUT2D eigenvalue weighted by Gasteiger charge is 2.30. The molecule has 0 aliphatic heterocycles. The smallest absolute Gasteiger partial charge is 0.247 e. The maximum atomic E-state index is 11.5. The molecule has 0 aromatic carbocycles. The molecule has 6 nitrogen and oxygen atoms in total. The number of rotatable bonds is 4. The molecule has 0 amide bonds. The Hall–Kier alpha value is -1.34. The number of nitrogens with zero attached hydrogens (tertiary/aromatic N) is 1. The minimum absolute atomic E-state index is 0.00579. The second-order valence-corrected chi connectivity index (χ2v) is 5.41. The van der Waals surface area contributed by atoms with E-state index in [1.54, 1.807) is 6.07 Å². The van der Waals surface area contributed by atoms with Crippen molar-refractivity contribution in [1.29, 1.82) is 0 Å². The molecule has 1 aliphatic carbocycles. The van der Waals surface area contributed by atoms with Gasteiger partial charge in [0.25, 0.3) is 0 Å². The molecule has 1 fully saturated rings. The molecule has 2 N–H and O–H groups in total. The summed E-state index contributed by atoms with van der Waals surface area (Å²) in [7, 11) is -1.18. The summed E-state index contributed by atoms with van der Waals surface area (Å²) in [6, 6.07) is 1.61. The van der Waals surface area contributed by atoms with E-state index in [2.05, 4.69) is 4.98 Å². The third-order valence-corrected chi connectivity index (χ3v) is 3.57. The second kappa shape index (κ2) is 4.15. The molecular formula is C10H14N2O4S. The summed E-state index contributed by atoms with van der Waals surface area (Å²) in [6.45, 7) is 0. The Labute approximate surface area is 99.8 Å². The zero-order chi connectivity index (χ0) is 12.6. The molecule has 7 heteroatoms. The molecule has 0 radical (unpaired) electrons. The van der Waals surface area contributed by atoms with E-state index in [0.29, 0.717) is 5.92 Å². The summed E-state index contributed by atoms with van der Waals surface area (Å²) < 4.78 is 33.0. The molecule has 17 heavy (non-hydrogen) atoms. The first kappa shape index (κ1) is 12.1. The molecule has 1 aromatic heterocycles. The standard InChI is InChI=1S/C10H14N2O4S/c1-15-8-5-7(6-3-4-6)12-10(16-2)9(8)17(11,13)14/h5-6H,3-4H2,1-2H3,(H2,11,13,14). The molecule has 1 saturated carbocycles. The van der Waals surface area contributed by atoms with Crippen LogP contribution in [0.1, 0.15) is 24.5 Å². The van der Waals surface area contributed by atoms with Gasteiger partial charge in [0.15, 0.2) is 4.90 Å². The minimum Gasteiger partial charge on any atom is -0.495 e. The zero-order valence-corrected chi connectivity index (χ0v) is 10.5. The Bertz CT molecular complexity index is 512. The summed E-state index contributed by atoms with van der Waals surface area (Å²) in [4.78, 5) is 3.96. The molecule has 0 saturated heterocycles. The molecule has 0 atom stereocenters. The third-order valence-electron chi connectivity index (χ3n) is 2.62. The number of methoxy groups -OCH3 is 2. The predicted octanol–water partition coefficient (Wildman–Crippen LogP) is 0.624. The van der Waals surface area contributed by atoms with Crippen molar-refractivity contribution in [3.8, 4) is 11.6 Å². The Morgan fingerprint density at radius 3 is 2.41 bits per heavy atom. The van der Waals surface area contributed by atoms with E-state index in [0.717, 1.165) is 18.5 Å². The third kappa shape index (κ3) is 2.34. The highest BCUT2D eigenvalue weighted by Crippen LogP contribution is 2.43. The first-order valence-corrected chi connectivity index (χ1v) is 6.67. The largest absolute Gasteiger partial charge is 0.495 e. The second-order valence-electron chi connectivity index (χ2n) is 3.91. The topological polar surface area (TPSA) is 91.5 Å². The van der Waals surface area contributed by atoms with Crippen molar-refractivity contribution >= 4 is 10.0 Å². The molecule has 1 aliphatic rings. The van der Waals surface area contributed by atoms with Crippen LogP contribution in [0.15, 0.2) is 11.0 Å². The van der Waals surface area contributed by atoms with Crippen molar-refractivity contribution in [2.24, 2.45) is 5.14 Å². The van der Waals surface area contributed by atoms with Gasteiger partial charge in [0.05, 0.1) is 19.9 Å². The molecule has 2 rings (SSSR count). The van der Waals surface area contributed by atoms with Crippen LogP contribution in [0.3, 0.4) is 0 Å². The fourth-order valence-corrected chi connectivity index (χ4v) is 2.44. The van der Waals surface area contributed by atoms with E-state index in [-0.39, 0.29) is 16.5 Å². The van der Waals surface area contributed by atoms with Gasteiger partial charge in [0, 0.05) is 12.0 Å². The quantitative estimate of drug-likeness (QED) is 0.855. The summed E-state index contributed by atoms with van der Waals surface area (Å²) >= 11 is 0. The number of hydrogen-bond acceptors (Lipinski definition) is 5. The van der Waals surface area contributed by atoms with Gasteiger partial charge >= 0.3 is 0 Å². The molecule has 1 aromatic rings. The maximum Gasteiger partial charge on any atom is 0.247 e. The molecule has 0 unspecified atom stereocenters. The Morgan fingerprint density at radius 2 is 2.00 bits per heavy atom. The maximum absolute atomic E-state index is 11.5. The van der Waals surface area contributed by atoms with Crippen LogP contribution in [-0.2, 0) is 10.0 Å². The lowest BCUT2D eigenvalue weighted by molar-refractivity contribution is 0.359. The Kier molecular flexibility index (Phi) is 2.96. The minimum atomic E-state index is -3.92. The van der Waals surface area contributed by atoms with Crippen LogP contribution in [0.2, 0.25) is 0 Å². The molecule has 0 spiro atoms. The number of sulfonamides is 1. The summed E-state index contributed by atoms with van der Waals surface area (Å²) in [5.74, 6) is 0.544. The van der Waals surface area contributed by atoms with Gasteiger partial charge in [-0.05, 0) is 12.8 Å². The number of ether oxygens (including phenoxy) is 2. The molecule has 94 valence electrons. The summed E-state index contributed by atoms with van der Waals surface area (Å²) in [5.41, 5.74) is 0.783. The highest BCUT2D eigenvalue weighted by molar-refractivity contribution is 7.89. The van der Waals surface area contributed by atoms with E-state index in [4.69, 9.17) is 14.6 Å². The normalized spacial score (nSPS) is 15.7. The van der Waals surface area contributed by atoms with Crippen molar-refractivity contribution in [2.75, 3.05) is 14.2 Å². The summed E-state index contributed by atoms with van der Waals surface area (Å²) in [6.07, 6.45) is 2.10. The first-order valence-electron chi connectivity index (χ1n) is 5.13. The van der Waals surface area contributed by atoms with Crippen LogP contribution >= 0.6 is 0 Å². The van der Waals surface area contributed by atoms with Crippen LogP contribution in [0.5, 0.6) is 11.6 Å². The van der Waals surface area contributed by atoms with E-state index in [1.165, 1.54) is 14.2 Å². The van der Waals surface area contributed by atoms with E-state index >= 15 is 0 Å². The SMILES string of the molecule is COc1cc(C2CC2)nc(OC)c1S(N)(=O)=O.